The Labute approximate surface area is 146 Å². The number of benzene rings is 2. The molecule has 0 saturated carbocycles. The van der Waals surface area contributed by atoms with E-state index in [9.17, 15) is 18.0 Å². The standard InChI is InChI=1S/C18H13F3N4O/c19-12-3-1-11(2-4-12)10-23-17(26)16-7-8-22-18(25-16)24-13-5-6-14(20)15(21)9-13/h1-9H,10H2,(H,23,26)(H,22,24,25). The topological polar surface area (TPSA) is 66.9 Å². The van der Waals surface area contributed by atoms with E-state index in [-0.39, 0.29) is 29.7 Å². The molecule has 0 fully saturated rings. The van der Waals surface area contributed by atoms with Crippen molar-refractivity contribution in [3.8, 4) is 0 Å². The van der Waals surface area contributed by atoms with Gasteiger partial charge in [-0.2, -0.15) is 0 Å². The molecule has 0 aliphatic rings. The number of nitrogens with one attached hydrogen (secondary N) is 2. The summed E-state index contributed by atoms with van der Waals surface area (Å²) < 4.78 is 39.0. The van der Waals surface area contributed by atoms with Crippen molar-refractivity contribution < 1.29 is 18.0 Å². The average molecular weight is 358 g/mol. The van der Waals surface area contributed by atoms with Crippen LogP contribution in [-0.4, -0.2) is 15.9 Å². The van der Waals surface area contributed by atoms with Gasteiger partial charge in [-0.1, -0.05) is 12.1 Å². The number of rotatable bonds is 5. The van der Waals surface area contributed by atoms with Gasteiger partial charge in [-0.15, -0.1) is 0 Å². The molecule has 1 amide bonds. The van der Waals surface area contributed by atoms with Gasteiger partial charge in [0.25, 0.3) is 5.91 Å². The zero-order chi connectivity index (χ0) is 18.5. The largest absolute Gasteiger partial charge is 0.347 e. The molecular weight excluding hydrogens is 345 g/mol. The van der Waals surface area contributed by atoms with Gasteiger partial charge < -0.3 is 10.6 Å². The van der Waals surface area contributed by atoms with Gasteiger partial charge in [-0.05, 0) is 35.9 Å². The van der Waals surface area contributed by atoms with Crippen LogP contribution in [0.5, 0.6) is 0 Å². The van der Waals surface area contributed by atoms with Crippen molar-refractivity contribution in [1.82, 2.24) is 15.3 Å². The van der Waals surface area contributed by atoms with Crippen LogP contribution in [0, 0.1) is 17.5 Å². The Morgan fingerprint density at radius 1 is 0.962 bits per heavy atom. The van der Waals surface area contributed by atoms with Gasteiger partial charge in [-0.25, -0.2) is 23.1 Å². The van der Waals surface area contributed by atoms with E-state index in [4.69, 9.17) is 0 Å². The number of carbonyl (C=O) groups excluding carboxylic acids is 1. The maximum atomic E-state index is 13.2. The summed E-state index contributed by atoms with van der Waals surface area (Å²) >= 11 is 0. The van der Waals surface area contributed by atoms with Crippen molar-refractivity contribution in [2.45, 2.75) is 6.54 Å². The molecule has 8 heteroatoms. The Hall–Kier alpha value is -3.42. The Bertz CT molecular complexity index is 932. The molecule has 26 heavy (non-hydrogen) atoms. The fourth-order valence-electron chi connectivity index (χ4n) is 2.12. The van der Waals surface area contributed by atoms with Gasteiger partial charge in [0.15, 0.2) is 11.6 Å². The quantitative estimate of drug-likeness (QED) is 0.732. The maximum Gasteiger partial charge on any atom is 0.270 e. The molecule has 0 aliphatic heterocycles. The molecule has 5 nitrogen and oxygen atoms in total. The molecule has 3 rings (SSSR count). The normalized spacial score (nSPS) is 10.4. The van der Waals surface area contributed by atoms with Gasteiger partial charge in [0, 0.05) is 24.5 Å². The number of carbonyl (C=O) groups is 1. The monoisotopic (exact) mass is 358 g/mol. The van der Waals surface area contributed by atoms with Crippen molar-refractivity contribution in [3.63, 3.8) is 0 Å². The Morgan fingerprint density at radius 3 is 2.46 bits per heavy atom. The zero-order valence-corrected chi connectivity index (χ0v) is 13.3. The van der Waals surface area contributed by atoms with Crippen LogP contribution in [0.4, 0.5) is 24.8 Å². The lowest BCUT2D eigenvalue weighted by Crippen LogP contribution is -2.24. The molecule has 0 unspecified atom stereocenters. The number of halogens is 3. The highest BCUT2D eigenvalue weighted by Crippen LogP contribution is 2.16. The summed E-state index contributed by atoms with van der Waals surface area (Å²) in [4.78, 5) is 20.1. The zero-order valence-electron chi connectivity index (χ0n) is 13.3. The van der Waals surface area contributed by atoms with Crippen LogP contribution < -0.4 is 10.6 Å². The number of hydrogen-bond acceptors (Lipinski definition) is 4. The molecule has 3 aromatic rings. The number of anilines is 2. The molecule has 0 bridgehead atoms. The van der Waals surface area contributed by atoms with Crippen molar-refractivity contribution in [2.75, 3.05) is 5.32 Å². The van der Waals surface area contributed by atoms with Crippen molar-refractivity contribution >= 4 is 17.5 Å². The first-order valence-corrected chi connectivity index (χ1v) is 7.59. The highest BCUT2D eigenvalue weighted by molar-refractivity contribution is 5.92. The predicted molar refractivity (Wildman–Crippen MR) is 89.2 cm³/mol. The van der Waals surface area contributed by atoms with Crippen molar-refractivity contribution in [2.24, 2.45) is 0 Å². The third-order valence-electron chi connectivity index (χ3n) is 3.43. The highest BCUT2D eigenvalue weighted by atomic mass is 19.2. The predicted octanol–water partition coefficient (Wildman–Crippen LogP) is 3.57. The smallest absolute Gasteiger partial charge is 0.270 e. The van der Waals surface area contributed by atoms with E-state index < -0.39 is 17.5 Å². The van der Waals surface area contributed by atoms with E-state index in [2.05, 4.69) is 20.6 Å². The maximum absolute atomic E-state index is 13.2. The third kappa shape index (κ3) is 4.35. The Morgan fingerprint density at radius 2 is 1.73 bits per heavy atom. The second-order valence-corrected chi connectivity index (χ2v) is 5.33. The van der Waals surface area contributed by atoms with E-state index in [0.717, 1.165) is 17.7 Å². The van der Waals surface area contributed by atoms with Gasteiger partial charge >= 0.3 is 0 Å². The Balaban J connectivity index is 1.66. The third-order valence-corrected chi connectivity index (χ3v) is 3.43. The van der Waals surface area contributed by atoms with E-state index in [1.54, 1.807) is 12.1 Å². The number of aromatic nitrogens is 2. The summed E-state index contributed by atoms with van der Waals surface area (Å²) in [6, 6.07) is 10.4. The Kier molecular flexibility index (Phi) is 5.12. The van der Waals surface area contributed by atoms with E-state index >= 15 is 0 Å². The lowest BCUT2D eigenvalue weighted by atomic mass is 10.2. The molecule has 2 N–H and O–H groups in total. The molecule has 2 aromatic carbocycles. The molecule has 132 valence electrons. The number of amides is 1. The van der Waals surface area contributed by atoms with E-state index in [1.807, 2.05) is 0 Å². The van der Waals surface area contributed by atoms with E-state index in [0.29, 0.717) is 0 Å². The molecule has 0 saturated heterocycles. The van der Waals surface area contributed by atoms with Crippen LogP contribution in [0.25, 0.3) is 0 Å². The minimum absolute atomic E-state index is 0.0606. The van der Waals surface area contributed by atoms with Crippen LogP contribution in [-0.2, 0) is 6.54 Å². The fourth-order valence-corrected chi connectivity index (χ4v) is 2.12. The second kappa shape index (κ2) is 7.64. The minimum atomic E-state index is -1.01. The summed E-state index contributed by atoms with van der Waals surface area (Å²) in [6.07, 6.45) is 1.36. The van der Waals surface area contributed by atoms with E-state index in [1.165, 1.54) is 30.5 Å². The SMILES string of the molecule is O=C(NCc1ccc(F)cc1)c1ccnc(Nc2ccc(F)c(F)c2)n1. The average Bonchev–Trinajstić information content (AvgIpc) is 2.64. The molecule has 0 spiro atoms. The van der Waals surface area contributed by atoms with Gasteiger partial charge in [0.05, 0.1) is 0 Å². The molecule has 1 aromatic heterocycles. The lowest BCUT2D eigenvalue weighted by molar-refractivity contribution is 0.0946. The molecule has 0 aliphatic carbocycles. The molecular formula is C18H13F3N4O. The first-order chi connectivity index (χ1) is 12.5. The lowest BCUT2D eigenvalue weighted by Gasteiger charge is -2.08. The fraction of sp³-hybridized carbons (Fsp3) is 0.0556. The van der Waals surface area contributed by atoms with Crippen molar-refractivity contribution in [1.29, 1.82) is 0 Å². The van der Waals surface area contributed by atoms with Crippen LogP contribution in [0.1, 0.15) is 16.1 Å². The van der Waals surface area contributed by atoms with Crippen LogP contribution in [0.3, 0.4) is 0 Å². The minimum Gasteiger partial charge on any atom is -0.347 e. The van der Waals surface area contributed by atoms with Crippen LogP contribution in [0.15, 0.2) is 54.7 Å². The summed E-state index contributed by atoms with van der Waals surface area (Å²) in [5, 5.41) is 5.35. The van der Waals surface area contributed by atoms with Crippen molar-refractivity contribution in [3.05, 3.63) is 83.4 Å². The van der Waals surface area contributed by atoms with Gasteiger partial charge in [-0.3, -0.25) is 4.79 Å². The molecule has 1 heterocycles. The number of nitrogens with zero attached hydrogens (tertiary/aromatic N) is 2. The second-order valence-electron chi connectivity index (χ2n) is 5.33. The summed E-state index contributed by atoms with van der Waals surface area (Å²) in [5.41, 5.74) is 1.06. The van der Waals surface area contributed by atoms with Crippen LogP contribution in [0.2, 0.25) is 0 Å². The first kappa shape index (κ1) is 17.4. The molecule has 0 atom stereocenters. The summed E-state index contributed by atoms with van der Waals surface area (Å²) in [6.45, 7) is 0.203. The van der Waals surface area contributed by atoms with Gasteiger partial charge in [0.2, 0.25) is 5.95 Å². The van der Waals surface area contributed by atoms with Crippen LogP contribution >= 0.6 is 0 Å². The molecule has 0 radical (unpaired) electrons. The first-order valence-electron chi connectivity index (χ1n) is 7.59. The summed E-state index contributed by atoms with van der Waals surface area (Å²) in [7, 11) is 0. The van der Waals surface area contributed by atoms with Gasteiger partial charge in [0.1, 0.15) is 11.5 Å². The highest BCUT2D eigenvalue weighted by Gasteiger charge is 2.10. The number of hydrogen-bond donors (Lipinski definition) is 2. The summed E-state index contributed by atoms with van der Waals surface area (Å²) in [5.74, 6) is -2.73.